The van der Waals surface area contributed by atoms with Gasteiger partial charge >= 0.3 is 5.97 Å². The molecule has 1 saturated carbocycles. The van der Waals surface area contributed by atoms with Gasteiger partial charge < -0.3 is 10.5 Å². The second kappa shape index (κ2) is 4.69. The van der Waals surface area contributed by atoms with Gasteiger partial charge in [0.2, 0.25) is 0 Å². The molecule has 17 heavy (non-hydrogen) atoms. The van der Waals surface area contributed by atoms with Crippen molar-refractivity contribution in [2.75, 3.05) is 5.73 Å². The Bertz CT molecular complexity index is 442. The quantitative estimate of drug-likeness (QED) is 0.639. The number of benzene rings is 1. The van der Waals surface area contributed by atoms with Crippen LogP contribution in [0.1, 0.15) is 36.0 Å². The summed E-state index contributed by atoms with van der Waals surface area (Å²) in [7, 11) is 0. The summed E-state index contributed by atoms with van der Waals surface area (Å²) in [5.74, 6) is -2.52. The van der Waals surface area contributed by atoms with E-state index in [9.17, 15) is 13.6 Å². The summed E-state index contributed by atoms with van der Waals surface area (Å²) in [5.41, 5.74) is 4.42. The molecule has 1 fully saturated rings. The van der Waals surface area contributed by atoms with Crippen LogP contribution in [-0.2, 0) is 4.74 Å². The van der Waals surface area contributed by atoms with Gasteiger partial charge in [0.05, 0.1) is 5.69 Å². The molecular formula is C12H13F2NO2. The molecule has 0 atom stereocenters. The molecule has 3 nitrogen and oxygen atoms in total. The van der Waals surface area contributed by atoms with Crippen LogP contribution in [0.15, 0.2) is 12.1 Å². The Kier molecular flexibility index (Phi) is 3.26. The number of ether oxygens (including phenoxy) is 1. The maximum absolute atomic E-state index is 13.5. The summed E-state index contributed by atoms with van der Waals surface area (Å²) in [5, 5.41) is 0. The Morgan fingerprint density at radius 1 is 1.29 bits per heavy atom. The molecule has 2 rings (SSSR count). The molecule has 0 aromatic heterocycles. The van der Waals surface area contributed by atoms with Crippen LogP contribution in [-0.4, -0.2) is 12.1 Å². The molecule has 1 aromatic rings. The first kappa shape index (κ1) is 11.8. The van der Waals surface area contributed by atoms with Gasteiger partial charge in [0, 0.05) is 0 Å². The van der Waals surface area contributed by atoms with E-state index in [1.54, 1.807) is 0 Å². The molecule has 1 aliphatic carbocycles. The topological polar surface area (TPSA) is 52.3 Å². The number of esters is 1. The van der Waals surface area contributed by atoms with E-state index in [-0.39, 0.29) is 11.8 Å². The molecule has 0 heterocycles. The number of anilines is 1. The average Bonchev–Trinajstić information content (AvgIpc) is 2.76. The monoisotopic (exact) mass is 241 g/mol. The van der Waals surface area contributed by atoms with Crippen molar-refractivity contribution in [1.29, 1.82) is 0 Å². The molecule has 1 aromatic carbocycles. The molecular weight excluding hydrogens is 228 g/mol. The number of halogens is 2. The lowest BCUT2D eigenvalue weighted by molar-refractivity contribution is 0.0312. The van der Waals surface area contributed by atoms with Crippen LogP contribution >= 0.6 is 0 Å². The van der Waals surface area contributed by atoms with Crippen LogP contribution in [0.3, 0.4) is 0 Å². The molecule has 5 heteroatoms. The van der Waals surface area contributed by atoms with E-state index in [0.29, 0.717) is 0 Å². The normalized spacial score (nSPS) is 16.1. The van der Waals surface area contributed by atoms with Crippen molar-refractivity contribution < 1.29 is 18.3 Å². The summed E-state index contributed by atoms with van der Waals surface area (Å²) in [6, 6.07) is 1.64. The minimum absolute atomic E-state index is 0.189. The molecule has 0 aliphatic heterocycles. The Morgan fingerprint density at radius 2 is 1.94 bits per heavy atom. The molecule has 2 N–H and O–H groups in total. The van der Waals surface area contributed by atoms with Crippen molar-refractivity contribution in [3.8, 4) is 0 Å². The van der Waals surface area contributed by atoms with Crippen LogP contribution in [0, 0.1) is 11.6 Å². The van der Waals surface area contributed by atoms with E-state index in [2.05, 4.69) is 0 Å². The summed E-state index contributed by atoms with van der Waals surface area (Å²) >= 11 is 0. The Balaban J connectivity index is 2.18. The van der Waals surface area contributed by atoms with Gasteiger partial charge in [-0.1, -0.05) is 0 Å². The van der Waals surface area contributed by atoms with E-state index >= 15 is 0 Å². The molecule has 0 unspecified atom stereocenters. The van der Waals surface area contributed by atoms with E-state index in [1.807, 2.05) is 0 Å². The molecule has 0 spiro atoms. The van der Waals surface area contributed by atoms with Crippen molar-refractivity contribution in [3.05, 3.63) is 29.3 Å². The van der Waals surface area contributed by atoms with Crippen molar-refractivity contribution in [1.82, 2.24) is 0 Å². The third kappa shape index (κ3) is 2.54. The summed E-state index contributed by atoms with van der Waals surface area (Å²) in [6.45, 7) is 0. The highest BCUT2D eigenvalue weighted by atomic mass is 19.1. The molecule has 0 amide bonds. The summed E-state index contributed by atoms with van der Waals surface area (Å²) < 4.78 is 31.6. The van der Waals surface area contributed by atoms with Crippen molar-refractivity contribution >= 4 is 11.7 Å². The van der Waals surface area contributed by atoms with Crippen LogP contribution in [0.25, 0.3) is 0 Å². The fraction of sp³-hybridized carbons (Fsp3) is 0.417. The second-order valence-corrected chi connectivity index (χ2v) is 4.17. The lowest BCUT2D eigenvalue weighted by Gasteiger charge is -2.12. The molecule has 0 bridgehead atoms. The molecule has 0 saturated heterocycles. The number of hydrogen-bond acceptors (Lipinski definition) is 3. The second-order valence-electron chi connectivity index (χ2n) is 4.17. The smallest absolute Gasteiger partial charge is 0.341 e. The van der Waals surface area contributed by atoms with Gasteiger partial charge in [-0.05, 0) is 37.8 Å². The molecule has 92 valence electrons. The third-order valence-electron chi connectivity index (χ3n) is 2.86. The summed E-state index contributed by atoms with van der Waals surface area (Å²) in [6.07, 6.45) is 3.35. The Labute approximate surface area is 97.6 Å². The van der Waals surface area contributed by atoms with Crippen LogP contribution in [0.5, 0.6) is 0 Å². The first-order valence-electron chi connectivity index (χ1n) is 5.53. The van der Waals surface area contributed by atoms with Gasteiger partial charge in [0.15, 0.2) is 5.82 Å². The van der Waals surface area contributed by atoms with E-state index in [1.165, 1.54) is 0 Å². The first-order valence-corrected chi connectivity index (χ1v) is 5.53. The lowest BCUT2D eigenvalue weighted by atomic mass is 10.1. The van der Waals surface area contributed by atoms with Crippen molar-refractivity contribution in [2.24, 2.45) is 0 Å². The number of nitrogens with two attached hydrogens (primary N) is 1. The average molecular weight is 241 g/mol. The third-order valence-corrected chi connectivity index (χ3v) is 2.86. The van der Waals surface area contributed by atoms with Crippen LogP contribution in [0.4, 0.5) is 14.5 Å². The van der Waals surface area contributed by atoms with Crippen LogP contribution in [0.2, 0.25) is 0 Å². The maximum Gasteiger partial charge on any atom is 0.341 e. The minimum Gasteiger partial charge on any atom is -0.459 e. The zero-order valence-electron chi connectivity index (χ0n) is 9.21. The van der Waals surface area contributed by atoms with Crippen molar-refractivity contribution in [2.45, 2.75) is 31.8 Å². The maximum atomic E-state index is 13.5. The fourth-order valence-corrected chi connectivity index (χ4v) is 1.98. The first-order chi connectivity index (χ1) is 8.08. The fourth-order valence-electron chi connectivity index (χ4n) is 1.98. The zero-order chi connectivity index (χ0) is 12.4. The van der Waals surface area contributed by atoms with E-state index in [0.717, 1.165) is 37.8 Å². The summed E-state index contributed by atoms with van der Waals surface area (Å²) in [4.78, 5) is 11.6. The highest BCUT2D eigenvalue weighted by Crippen LogP contribution is 2.24. The number of nitrogen functional groups attached to an aromatic ring is 1. The predicted molar refractivity (Wildman–Crippen MR) is 58.4 cm³/mol. The zero-order valence-corrected chi connectivity index (χ0v) is 9.21. The Hall–Kier alpha value is -1.65. The minimum atomic E-state index is -0.922. The number of carbonyl (C=O) groups excluding carboxylic acids is 1. The molecule has 0 radical (unpaired) electrons. The van der Waals surface area contributed by atoms with Gasteiger partial charge in [-0.15, -0.1) is 0 Å². The lowest BCUT2D eigenvalue weighted by Crippen LogP contribution is -2.16. The van der Waals surface area contributed by atoms with Gasteiger partial charge in [0.1, 0.15) is 17.5 Å². The van der Waals surface area contributed by atoms with Gasteiger partial charge in [0.25, 0.3) is 0 Å². The van der Waals surface area contributed by atoms with Gasteiger partial charge in [-0.3, -0.25) is 0 Å². The number of hydrogen-bond donors (Lipinski definition) is 1. The highest BCUT2D eigenvalue weighted by molar-refractivity contribution is 5.91. The van der Waals surface area contributed by atoms with E-state index in [4.69, 9.17) is 10.5 Å². The largest absolute Gasteiger partial charge is 0.459 e. The Morgan fingerprint density at radius 3 is 2.59 bits per heavy atom. The highest BCUT2D eigenvalue weighted by Gasteiger charge is 2.23. The SMILES string of the molecule is Nc1cc(F)cc(C(=O)OC2CCCC2)c1F. The van der Waals surface area contributed by atoms with Gasteiger partial charge in [-0.25, -0.2) is 13.6 Å². The van der Waals surface area contributed by atoms with Crippen molar-refractivity contribution in [3.63, 3.8) is 0 Å². The molecule has 1 aliphatic rings. The van der Waals surface area contributed by atoms with Crippen LogP contribution < -0.4 is 5.73 Å². The number of rotatable bonds is 2. The predicted octanol–water partition coefficient (Wildman–Crippen LogP) is 2.65. The standard InChI is InChI=1S/C12H13F2NO2/c13-7-5-9(11(14)10(15)6-7)12(16)17-8-3-1-2-4-8/h5-6,8H,1-4,15H2. The van der Waals surface area contributed by atoms with Gasteiger partial charge in [-0.2, -0.15) is 0 Å². The van der Waals surface area contributed by atoms with E-state index < -0.39 is 23.2 Å². The number of carbonyl (C=O) groups is 1.